The number of carbonyl (C=O) groups is 2. The van der Waals surface area contributed by atoms with Gasteiger partial charge in [0.25, 0.3) is 0 Å². The maximum Gasteiger partial charge on any atom is 0.465 e. The molecular weight excluding hydrogens is 506 g/mol. The van der Waals surface area contributed by atoms with E-state index in [2.05, 4.69) is 9.47 Å². The molecule has 1 saturated heterocycles. The number of rotatable bonds is 6. The van der Waals surface area contributed by atoms with Crippen LogP contribution in [-0.2, 0) is 38.7 Å². The van der Waals surface area contributed by atoms with Gasteiger partial charge in [0.05, 0.1) is 5.41 Å². The highest BCUT2D eigenvalue weighted by atomic mass is 32.2. The van der Waals surface area contributed by atoms with E-state index < -0.39 is 82.2 Å². The fourth-order valence-electron chi connectivity index (χ4n) is 5.78. The normalized spacial score (nSPS) is 38.0. The summed E-state index contributed by atoms with van der Waals surface area (Å²) in [6.07, 6.45) is -3.91. The van der Waals surface area contributed by atoms with Crippen molar-refractivity contribution in [2.45, 2.75) is 55.2 Å². The van der Waals surface area contributed by atoms with Gasteiger partial charge in [0.15, 0.2) is 5.79 Å². The van der Waals surface area contributed by atoms with E-state index in [-0.39, 0.29) is 18.8 Å². The smallest absolute Gasteiger partial charge is 0.462 e. The Labute approximate surface area is 188 Å². The van der Waals surface area contributed by atoms with E-state index in [1.165, 1.54) is 0 Å². The Balaban J connectivity index is 1.39. The summed E-state index contributed by atoms with van der Waals surface area (Å²) in [5.74, 6) is -11.6. The molecule has 0 aromatic rings. The van der Waals surface area contributed by atoms with Crippen LogP contribution < -0.4 is 0 Å². The van der Waals surface area contributed by atoms with Gasteiger partial charge in [-0.05, 0) is 38.0 Å². The molecule has 5 fully saturated rings. The minimum atomic E-state index is -6.05. The molecule has 194 valence electrons. The SMILES string of the molecule is O=C(OCCOC(=O)C(F)(F)S(=O)(=O)O)C12CC3CC(C1)C1(OCC(F)(F)C(F)(F)O1)C(C3)C2. The van der Waals surface area contributed by atoms with Gasteiger partial charge in [-0.2, -0.15) is 34.8 Å². The third-order valence-corrected chi connectivity index (χ3v) is 7.88. The molecule has 0 radical (unpaired) electrons. The molecular formula is C18H20F6O9S. The van der Waals surface area contributed by atoms with E-state index in [0.29, 0.717) is 19.3 Å². The molecule has 1 aliphatic heterocycles. The van der Waals surface area contributed by atoms with Gasteiger partial charge in [-0.1, -0.05) is 0 Å². The Morgan fingerprint density at radius 2 is 1.56 bits per heavy atom. The maximum absolute atomic E-state index is 14.0. The molecule has 2 unspecified atom stereocenters. The topological polar surface area (TPSA) is 125 Å². The molecule has 0 aromatic heterocycles. The van der Waals surface area contributed by atoms with Crippen LogP contribution in [0.15, 0.2) is 0 Å². The van der Waals surface area contributed by atoms with Crippen LogP contribution in [0.5, 0.6) is 0 Å². The predicted octanol–water partition coefficient (Wildman–Crippen LogP) is 2.35. The molecule has 5 rings (SSSR count). The van der Waals surface area contributed by atoms with E-state index in [1.54, 1.807) is 0 Å². The van der Waals surface area contributed by atoms with Gasteiger partial charge in [0.1, 0.15) is 19.8 Å². The van der Waals surface area contributed by atoms with Crippen LogP contribution in [0.2, 0.25) is 0 Å². The molecule has 1 spiro atoms. The Hall–Kier alpha value is -1.65. The van der Waals surface area contributed by atoms with Crippen LogP contribution in [0.1, 0.15) is 32.1 Å². The highest BCUT2D eigenvalue weighted by Crippen LogP contribution is 2.67. The lowest BCUT2D eigenvalue weighted by molar-refractivity contribution is -0.507. The molecule has 4 saturated carbocycles. The maximum atomic E-state index is 14.0. The standard InChI is InChI=1S/C18H20F6O9S/c19-15(20)8-32-16(33-18(15,23)24)10-3-9-4-11(16)7-14(5-9,6-10)12(25)30-1-2-31-13(26)17(21,22)34(27,28)29/h9-11H,1-8H2,(H,27,28,29). The van der Waals surface area contributed by atoms with E-state index in [1.807, 2.05) is 0 Å². The van der Waals surface area contributed by atoms with Crippen molar-refractivity contribution in [1.82, 2.24) is 0 Å². The van der Waals surface area contributed by atoms with E-state index in [0.717, 1.165) is 0 Å². The summed E-state index contributed by atoms with van der Waals surface area (Å²) < 4.78 is 130. The second-order valence-electron chi connectivity index (χ2n) is 9.22. The Morgan fingerprint density at radius 1 is 1.00 bits per heavy atom. The van der Waals surface area contributed by atoms with E-state index >= 15 is 0 Å². The minimum Gasteiger partial charge on any atom is -0.462 e. The van der Waals surface area contributed by atoms with Gasteiger partial charge in [-0.3, -0.25) is 14.1 Å². The molecule has 4 bridgehead atoms. The summed E-state index contributed by atoms with van der Waals surface area (Å²) in [5, 5.41) is -5.20. The molecule has 9 nitrogen and oxygen atoms in total. The van der Waals surface area contributed by atoms with Crippen LogP contribution in [0.25, 0.3) is 0 Å². The van der Waals surface area contributed by atoms with Crippen LogP contribution in [0.4, 0.5) is 26.3 Å². The van der Waals surface area contributed by atoms with Crippen molar-refractivity contribution in [1.29, 1.82) is 0 Å². The molecule has 0 aromatic carbocycles. The van der Waals surface area contributed by atoms with Crippen molar-refractivity contribution in [3.05, 3.63) is 0 Å². The lowest BCUT2D eigenvalue weighted by atomic mass is 9.47. The number of carbonyl (C=O) groups excluding carboxylic acids is 2. The monoisotopic (exact) mass is 526 g/mol. The summed E-state index contributed by atoms with van der Waals surface area (Å²) in [6.45, 7) is -3.20. The average molecular weight is 526 g/mol. The molecule has 4 aliphatic carbocycles. The first-order chi connectivity index (χ1) is 15.5. The number of hydrogen-bond donors (Lipinski definition) is 1. The first-order valence-electron chi connectivity index (χ1n) is 10.2. The Morgan fingerprint density at radius 3 is 2.09 bits per heavy atom. The van der Waals surface area contributed by atoms with E-state index in [9.17, 15) is 44.3 Å². The first-order valence-corrected chi connectivity index (χ1v) is 11.7. The average Bonchev–Trinajstić information content (AvgIpc) is 2.70. The molecule has 1 N–H and O–H groups in total. The van der Waals surface area contributed by atoms with Crippen molar-refractivity contribution < 1.29 is 67.8 Å². The summed E-state index contributed by atoms with van der Waals surface area (Å²) >= 11 is 0. The predicted molar refractivity (Wildman–Crippen MR) is 94.1 cm³/mol. The molecule has 34 heavy (non-hydrogen) atoms. The number of halogens is 6. The molecule has 1 heterocycles. The third-order valence-electron chi connectivity index (χ3n) is 7.06. The summed E-state index contributed by atoms with van der Waals surface area (Å²) in [4.78, 5) is 24.0. The van der Waals surface area contributed by atoms with Crippen LogP contribution in [0.3, 0.4) is 0 Å². The van der Waals surface area contributed by atoms with Gasteiger partial charge in [0.2, 0.25) is 0 Å². The number of alkyl halides is 6. The second kappa shape index (κ2) is 7.67. The lowest BCUT2D eigenvalue weighted by Crippen LogP contribution is -2.71. The Bertz CT molecular complexity index is 968. The van der Waals surface area contributed by atoms with Gasteiger partial charge < -0.3 is 14.2 Å². The van der Waals surface area contributed by atoms with Crippen molar-refractivity contribution in [2.75, 3.05) is 19.8 Å². The summed E-state index contributed by atoms with van der Waals surface area (Å²) in [6, 6.07) is 0. The number of ether oxygens (including phenoxy) is 4. The summed E-state index contributed by atoms with van der Waals surface area (Å²) in [5.41, 5.74) is -1.17. The quantitative estimate of drug-likeness (QED) is 0.240. The van der Waals surface area contributed by atoms with Crippen LogP contribution in [0, 0.1) is 23.2 Å². The van der Waals surface area contributed by atoms with E-state index in [4.69, 9.17) is 14.0 Å². The van der Waals surface area contributed by atoms with Crippen LogP contribution >= 0.6 is 0 Å². The van der Waals surface area contributed by atoms with Crippen LogP contribution in [-0.4, -0.2) is 67.8 Å². The zero-order valence-corrected chi connectivity index (χ0v) is 18.1. The van der Waals surface area contributed by atoms with Crippen molar-refractivity contribution >= 4 is 22.1 Å². The van der Waals surface area contributed by atoms with Gasteiger partial charge in [-0.15, -0.1) is 0 Å². The zero-order valence-electron chi connectivity index (χ0n) is 17.3. The minimum absolute atomic E-state index is 0.0545. The molecule has 5 aliphatic rings. The van der Waals surface area contributed by atoms with Gasteiger partial charge in [0, 0.05) is 11.8 Å². The van der Waals surface area contributed by atoms with Crippen molar-refractivity contribution in [3.63, 3.8) is 0 Å². The molecule has 2 atom stereocenters. The lowest BCUT2D eigenvalue weighted by Gasteiger charge is -2.64. The highest BCUT2D eigenvalue weighted by Gasteiger charge is 2.74. The van der Waals surface area contributed by atoms with Crippen molar-refractivity contribution in [2.24, 2.45) is 23.2 Å². The van der Waals surface area contributed by atoms with Crippen molar-refractivity contribution in [3.8, 4) is 0 Å². The largest absolute Gasteiger partial charge is 0.465 e. The molecule has 16 heteroatoms. The van der Waals surface area contributed by atoms with Gasteiger partial charge in [-0.25, -0.2) is 4.79 Å². The Kier molecular flexibility index (Phi) is 5.74. The summed E-state index contributed by atoms with van der Waals surface area (Å²) in [7, 11) is -6.05. The zero-order chi connectivity index (χ0) is 25.4. The fourth-order valence-corrected chi connectivity index (χ4v) is 6.05. The number of esters is 2. The first kappa shape index (κ1) is 25.4. The third kappa shape index (κ3) is 3.76. The second-order valence-corrected chi connectivity index (χ2v) is 10.7. The fraction of sp³-hybridized carbons (Fsp3) is 0.889. The highest BCUT2D eigenvalue weighted by molar-refractivity contribution is 7.87. The van der Waals surface area contributed by atoms with Gasteiger partial charge >= 0.3 is 39.3 Å². The number of hydrogen-bond acceptors (Lipinski definition) is 8. The molecule has 0 amide bonds.